The number of carbonyl (C=O) groups excluding carboxylic acids is 1. The van der Waals surface area contributed by atoms with Gasteiger partial charge in [-0.15, -0.1) is 0 Å². The summed E-state index contributed by atoms with van der Waals surface area (Å²) >= 11 is 0. The molecule has 1 heterocycles. The number of hydrogen-bond acceptors (Lipinski definition) is 6. The molecular formula is C30H29NO6S. The van der Waals surface area contributed by atoms with Crippen LogP contribution in [0.25, 0.3) is 11.0 Å². The molecule has 8 heteroatoms. The van der Waals surface area contributed by atoms with Crippen molar-refractivity contribution in [2.45, 2.75) is 56.9 Å². The lowest BCUT2D eigenvalue weighted by Gasteiger charge is -2.20. The average Bonchev–Trinajstić information content (AvgIpc) is 2.91. The first kappa shape index (κ1) is 25.9. The SMILES string of the molecule is Cc1ccc(S(=O)(=O)NC(Cc2ccccc2)C(=O)Oc2ccc3c4c(c(=O)oc3c2C)CCCC4)cc1. The first-order valence-corrected chi connectivity index (χ1v) is 14.1. The zero-order chi connectivity index (χ0) is 26.9. The van der Waals surface area contributed by atoms with Crippen LogP contribution in [0.4, 0.5) is 0 Å². The Morgan fingerprint density at radius 3 is 2.34 bits per heavy atom. The average molecular weight is 532 g/mol. The van der Waals surface area contributed by atoms with Gasteiger partial charge in [0.2, 0.25) is 10.0 Å². The summed E-state index contributed by atoms with van der Waals surface area (Å²) in [4.78, 5) is 26.1. The molecule has 196 valence electrons. The molecule has 0 saturated heterocycles. The standard InChI is InChI=1S/C30H29NO6S/c1-19-12-14-22(15-13-19)38(34,35)31-26(18-21-8-4-3-5-9-21)30(33)36-27-17-16-24-23-10-6-7-11-25(23)29(32)37-28(24)20(27)2/h3-5,8-9,12-17,26,31H,6-7,10-11,18H2,1-2H3. The number of fused-ring (bicyclic) bond motifs is 3. The molecular weight excluding hydrogens is 502 g/mol. The van der Waals surface area contributed by atoms with Gasteiger partial charge in [0.15, 0.2) is 0 Å². The van der Waals surface area contributed by atoms with Crippen molar-refractivity contribution in [3.05, 3.63) is 105 Å². The molecule has 7 nitrogen and oxygen atoms in total. The second-order valence-electron chi connectivity index (χ2n) is 9.72. The second kappa shape index (κ2) is 10.6. The predicted molar refractivity (Wildman–Crippen MR) is 145 cm³/mol. The Hall–Kier alpha value is -3.75. The van der Waals surface area contributed by atoms with Crippen LogP contribution in [0.1, 0.15) is 40.7 Å². The summed E-state index contributed by atoms with van der Waals surface area (Å²) in [5.74, 6) is -0.540. The Morgan fingerprint density at radius 1 is 0.947 bits per heavy atom. The summed E-state index contributed by atoms with van der Waals surface area (Å²) in [6.07, 6.45) is 3.56. The van der Waals surface area contributed by atoms with E-state index < -0.39 is 22.0 Å². The van der Waals surface area contributed by atoms with Gasteiger partial charge >= 0.3 is 11.6 Å². The van der Waals surface area contributed by atoms with E-state index in [0.717, 1.165) is 46.9 Å². The molecule has 0 saturated carbocycles. The maximum atomic E-state index is 13.4. The highest BCUT2D eigenvalue weighted by molar-refractivity contribution is 7.89. The van der Waals surface area contributed by atoms with E-state index in [0.29, 0.717) is 17.6 Å². The Bertz CT molecular complexity index is 1660. The topological polar surface area (TPSA) is 103 Å². The molecule has 0 spiro atoms. The van der Waals surface area contributed by atoms with Crippen molar-refractivity contribution in [1.82, 2.24) is 4.72 Å². The van der Waals surface area contributed by atoms with E-state index in [9.17, 15) is 18.0 Å². The van der Waals surface area contributed by atoms with Crippen LogP contribution in [0, 0.1) is 13.8 Å². The number of sulfonamides is 1. The number of esters is 1. The van der Waals surface area contributed by atoms with Gasteiger partial charge in [0.1, 0.15) is 17.4 Å². The second-order valence-corrected chi connectivity index (χ2v) is 11.4. The molecule has 0 bridgehead atoms. The zero-order valence-electron chi connectivity index (χ0n) is 21.3. The minimum Gasteiger partial charge on any atom is -0.425 e. The molecule has 1 atom stereocenters. The molecule has 1 aliphatic carbocycles. The first-order valence-electron chi connectivity index (χ1n) is 12.7. The quantitative estimate of drug-likeness (QED) is 0.209. The minimum atomic E-state index is -4.01. The van der Waals surface area contributed by atoms with E-state index in [2.05, 4.69) is 4.72 Å². The third kappa shape index (κ3) is 5.28. The number of nitrogens with one attached hydrogen (secondary N) is 1. The van der Waals surface area contributed by atoms with E-state index in [1.54, 1.807) is 31.2 Å². The fourth-order valence-electron chi connectivity index (χ4n) is 4.91. The Kier molecular flexibility index (Phi) is 7.19. The smallest absolute Gasteiger partial charge is 0.339 e. The lowest BCUT2D eigenvalue weighted by Crippen LogP contribution is -2.44. The third-order valence-corrected chi connectivity index (χ3v) is 8.48. The van der Waals surface area contributed by atoms with Crippen molar-refractivity contribution < 1.29 is 22.4 Å². The zero-order valence-corrected chi connectivity index (χ0v) is 22.1. The largest absolute Gasteiger partial charge is 0.425 e. The number of ether oxygens (including phenoxy) is 1. The molecule has 1 unspecified atom stereocenters. The van der Waals surface area contributed by atoms with E-state index in [4.69, 9.17) is 9.15 Å². The number of aryl methyl sites for hydroxylation is 3. The fraction of sp³-hybridized carbons (Fsp3) is 0.267. The Labute approximate surface area is 221 Å². The van der Waals surface area contributed by atoms with Crippen molar-refractivity contribution >= 4 is 27.0 Å². The molecule has 4 aromatic rings. The number of carbonyl (C=O) groups is 1. The normalized spacial score (nSPS) is 14.2. The third-order valence-electron chi connectivity index (χ3n) is 7.00. The monoisotopic (exact) mass is 531 g/mol. The van der Waals surface area contributed by atoms with E-state index in [1.165, 1.54) is 12.1 Å². The molecule has 1 aromatic heterocycles. The van der Waals surface area contributed by atoms with Crippen molar-refractivity contribution in [2.75, 3.05) is 0 Å². The van der Waals surface area contributed by atoms with Gasteiger partial charge in [-0.25, -0.2) is 18.0 Å². The summed E-state index contributed by atoms with van der Waals surface area (Å²) in [6, 6.07) is 17.8. The highest BCUT2D eigenvalue weighted by atomic mass is 32.2. The summed E-state index contributed by atoms with van der Waals surface area (Å²) < 4.78 is 40.2. The summed E-state index contributed by atoms with van der Waals surface area (Å²) in [5.41, 5.74) is 3.96. The fourth-order valence-corrected chi connectivity index (χ4v) is 6.10. The van der Waals surface area contributed by atoms with Crippen LogP contribution >= 0.6 is 0 Å². The number of benzene rings is 3. The summed E-state index contributed by atoms with van der Waals surface area (Å²) in [6.45, 7) is 3.59. The van der Waals surface area contributed by atoms with Gasteiger partial charge < -0.3 is 9.15 Å². The van der Waals surface area contributed by atoms with Gasteiger partial charge in [-0.1, -0.05) is 48.0 Å². The lowest BCUT2D eigenvalue weighted by atomic mass is 9.90. The summed E-state index contributed by atoms with van der Waals surface area (Å²) in [5, 5.41) is 0.845. The van der Waals surface area contributed by atoms with Crippen molar-refractivity contribution in [3.63, 3.8) is 0 Å². The highest BCUT2D eigenvalue weighted by Gasteiger charge is 2.29. The van der Waals surface area contributed by atoms with Crippen molar-refractivity contribution in [2.24, 2.45) is 0 Å². The first-order chi connectivity index (χ1) is 18.2. The van der Waals surface area contributed by atoms with E-state index >= 15 is 0 Å². The molecule has 38 heavy (non-hydrogen) atoms. The van der Waals surface area contributed by atoms with Crippen LogP contribution in [0.2, 0.25) is 0 Å². The molecule has 0 amide bonds. The highest BCUT2D eigenvalue weighted by Crippen LogP contribution is 2.32. The van der Waals surface area contributed by atoms with Crippen LogP contribution in [0.5, 0.6) is 5.75 Å². The molecule has 1 aliphatic rings. The van der Waals surface area contributed by atoms with Crippen LogP contribution in [0.15, 0.2) is 80.8 Å². The number of rotatable bonds is 7. The Morgan fingerprint density at radius 2 is 1.63 bits per heavy atom. The van der Waals surface area contributed by atoms with Gasteiger partial charge in [0.05, 0.1) is 4.90 Å². The molecule has 5 rings (SSSR count). The van der Waals surface area contributed by atoms with Gasteiger partial charge in [0.25, 0.3) is 0 Å². The van der Waals surface area contributed by atoms with Gasteiger partial charge in [0, 0.05) is 16.5 Å². The van der Waals surface area contributed by atoms with E-state index in [1.807, 2.05) is 37.3 Å². The van der Waals surface area contributed by atoms with Crippen molar-refractivity contribution in [1.29, 1.82) is 0 Å². The molecule has 0 radical (unpaired) electrons. The van der Waals surface area contributed by atoms with Gasteiger partial charge in [-0.3, -0.25) is 0 Å². The lowest BCUT2D eigenvalue weighted by molar-refractivity contribution is -0.136. The maximum absolute atomic E-state index is 13.4. The molecule has 1 N–H and O–H groups in total. The predicted octanol–water partition coefficient (Wildman–Crippen LogP) is 4.78. The summed E-state index contributed by atoms with van der Waals surface area (Å²) in [7, 11) is -4.01. The Balaban J connectivity index is 1.47. The molecule has 3 aromatic carbocycles. The van der Waals surface area contributed by atoms with Crippen molar-refractivity contribution in [3.8, 4) is 5.75 Å². The molecule has 0 aliphatic heterocycles. The minimum absolute atomic E-state index is 0.0578. The van der Waals surface area contributed by atoms with Gasteiger partial charge in [-0.2, -0.15) is 4.72 Å². The van der Waals surface area contributed by atoms with Crippen LogP contribution < -0.4 is 15.1 Å². The van der Waals surface area contributed by atoms with Crippen LogP contribution in [0.3, 0.4) is 0 Å². The maximum Gasteiger partial charge on any atom is 0.339 e. The van der Waals surface area contributed by atoms with Crippen LogP contribution in [-0.4, -0.2) is 20.4 Å². The van der Waals surface area contributed by atoms with Crippen LogP contribution in [-0.2, 0) is 34.1 Å². The molecule has 0 fully saturated rings. The number of hydrogen-bond donors (Lipinski definition) is 1. The van der Waals surface area contributed by atoms with Gasteiger partial charge in [-0.05, 0) is 81.3 Å². The van der Waals surface area contributed by atoms with E-state index in [-0.39, 0.29) is 22.7 Å².